The number of ketones is 1. The molecule has 1 aromatic heterocycles. The number of aromatic nitrogens is 2. The van der Waals surface area contributed by atoms with Crippen LogP contribution in [0.5, 0.6) is 5.75 Å². The first kappa shape index (κ1) is 19.2. The standard InChI is InChI=1S/C21H22N2O3S/c1-4-11-23-20(25)17-7-5-6-8-18(17)22-21(23)27-13-16-12-15(14(2)24)9-10-19(16)26-3/h5-10,12H,4,11,13H2,1-3H3. The smallest absolute Gasteiger partial charge is 0.262 e. The van der Waals surface area contributed by atoms with Crippen molar-refractivity contribution in [3.63, 3.8) is 0 Å². The van der Waals surface area contributed by atoms with Crippen molar-refractivity contribution in [1.29, 1.82) is 0 Å². The number of thioether (sulfide) groups is 1. The summed E-state index contributed by atoms with van der Waals surface area (Å²) in [5.74, 6) is 1.28. The Kier molecular flexibility index (Phi) is 5.96. The molecular formula is C21H22N2O3S. The van der Waals surface area contributed by atoms with Gasteiger partial charge in [0.15, 0.2) is 10.9 Å². The van der Waals surface area contributed by atoms with Gasteiger partial charge >= 0.3 is 0 Å². The molecule has 0 bridgehead atoms. The molecule has 0 amide bonds. The summed E-state index contributed by atoms with van der Waals surface area (Å²) in [4.78, 5) is 29.3. The van der Waals surface area contributed by atoms with E-state index in [9.17, 15) is 9.59 Å². The monoisotopic (exact) mass is 382 g/mol. The van der Waals surface area contributed by atoms with Gasteiger partial charge in [-0.05, 0) is 43.7 Å². The van der Waals surface area contributed by atoms with E-state index in [-0.39, 0.29) is 11.3 Å². The molecule has 5 nitrogen and oxygen atoms in total. The zero-order chi connectivity index (χ0) is 19.4. The summed E-state index contributed by atoms with van der Waals surface area (Å²) in [6.45, 7) is 4.20. The van der Waals surface area contributed by atoms with E-state index in [0.29, 0.717) is 33.9 Å². The first-order chi connectivity index (χ1) is 13.0. The number of carbonyl (C=O) groups is 1. The average molecular weight is 382 g/mol. The number of carbonyl (C=O) groups excluding carboxylic acids is 1. The van der Waals surface area contributed by atoms with Gasteiger partial charge < -0.3 is 4.74 Å². The van der Waals surface area contributed by atoms with Crippen LogP contribution in [0, 0.1) is 0 Å². The SMILES string of the molecule is CCCn1c(SCc2cc(C(C)=O)ccc2OC)nc2ccccc2c1=O. The minimum absolute atomic E-state index is 0.00984. The van der Waals surface area contributed by atoms with Crippen LogP contribution in [-0.4, -0.2) is 22.4 Å². The maximum Gasteiger partial charge on any atom is 0.262 e. The summed E-state index contributed by atoms with van der Waals surface area (Å²) < 4.78 is 7.16. The molecule has 0 saturated heterocycles. The van der Waals surface area contributed by atoms with Gasteiger partial charge in [0.2, 0.25) is 0 Å². The molecule has 0 fully saturated rings. The largest absolute Gasteiger partial charge is 0.496 e. The van der Waals surface area contributed by atoms with Crippen LogP contribution in [0.3, 0.4) is 0 Å². The number of Topliss-reactive ketones (excluding diaryl/α,β-unsaturated/α-hetero) is 1. The predicted octanol–water partition coefficient (Wildman–Crippen LogP) is 4.31. The van der Waals surface area contributed by atoms with Crippen LogP contribution < -0.4 is 10.3 Å². The predicted molar refractivity (Wildman–Crippen MR) is 109 cm³/mol. The van der Waals surface area contributed by atoms with Crippen LogP contribution in [0.2, 0.25) is 0 Å². The van der Waals surface area contributed by atoms with Crippen LogP contribution >= 0.6 is 11.8 Å². The molecule has 0 saturated carbocycles. The molecule has 3 aromatic rings. The van der Waals surface area contributed by atoms with Gasteiger partial charge in [0, 0.05) is 23.4 Å². The molecule has 0 aliphatic heterocycles. The van der Waals surface area contributed by atoms with E-state index >= 15 is 0 Å². The van der Waals surface area contributed by atoms with Gasteiger partial charge in [-0.3, -0.25) is 14.2 Å². The number of methoxy groups -OCH3 is 1. The van der Waals surface area contributed by atoms with E-state index in [1.165, 1.54) is 11.8 Å². The number of rotatable bonds is 7. The molecule has 0 aliphatic carbocycles. The van der Waals surface area contributed by atoms with Crippen LogP contribution in [0.25, 0.3) is 10.9 Å². The normalized spacial score (nSPS) is 10.9. The van der Waals surface area contributed by atoms with Crippen LogP contribution in [-0.2, 0) is 12.3 Å². The number of fused-ring (bicyclic) bond motifs is 1. The third-order valence-corrected chi connectivity index (χ3v) is 5.34. The molecule has 0 aliphatic rings. The summed E-state index contributed by atoms with van der Waals surface area (Å²) in [6.07, 6.45) is 0.844. The summed E-state index contributed by atoms with van der Waals surface area (Å²) in [7, 11) is 1.61. The van der Waals surface area contributed by atoms with Gasteiger partial charge in [-0.15, -0.1) is 0 Å². The van der Waals surface area contributed by atoms with E-state index in [1.54, 1.807) is 30.7 Å². The van der Waals surface area contributed by atoms with Gasteiger partial charge in [0.1, 0.15) is 5.75 Å². The van der Waals surface area contributed by atoms with Gasteiger partial charge in [-0.1, -0.05) is 30.8 Å². The van der Waals surface area contributed by atoms with E-state index in [0.717, 1.165) is 17.7 Å². The molecule has 0 atom stereocenters. The Bertz CT molecular complexity index is 1040. The second-order valence-electron chi connectivity index (χ2n) is 6.24. The molecule has 0 spiro atoms. The van der Waals surface area contributed by atoms with Crippen molar-refractivity contribution < 1.29 is 9.53 Å². The average Bonchev–Trinajstić information content (AvgIpc) is 2.68. The fourth-order valence-corrected chi connectivity index (χ4v) is 3.93. The van der Waals surface area contributed by atoms with Crippen molar-refractivity contribution in [3.05, 3.63) is 63.9 Å². The summed E-state index contributed by atoms with van der Waals surface area (Å²) >= 11 is 1.48. The highest BCUT2D eigenvalue weighted by Crippen LogP contribution is 2.28. The second kappa shape index (κ2) is 8.39. The molecule has 27 heavy (non-hydrogen) atoms. The topological polar surface area (TPSA) is 61.2 Å². The fourth-order valence-electron chi connectivity index (χ4n) is 2.93. The lowest BCUT2D eigenvalue weighted by Crippen LogP contribution is -2.23. The summed E-state index contributed by atoms with van der Waals surface area (Å²) in [6, 6.07) is 12.8. The number of benzene rings is 2. The lowest BCUT2D eigenvalue weighted by Gasteiger charge is -2.14. The highest BCUT2D eigenvalue weighted by molar-refractivity contribution is 7.98. The maximum absolute atomic E-state index is 12.9. The summed E-state index contributed by atoms with van der Waals surface area (Å²) in [5, 5.41) is 1.31. The first-order valence-corrected chi connectivity index (χ1v) is 9.84. The van der Waals surface area contributed by atoms with Gasteiger partial charge in [0.05, 0.1) is 18.0 Å². The van der Waals surface area contributed by atoms with Gasteiger partial charge in [-0.25, -0.2) is 4.98 Å². The molecule has 6 heteroatoms. The molecule has 2 aromatic carbocycles. The van der Waals surface area contributed by atoms with E-state index in [1.807, 2.05) is 37.3 Å². The Morgan fingerprint density at radius 3 is 2.70 bits per heavy atom. The Hall–Kier alpha value is -2.60. The van der Waals surface area contributed by atoms with Crippen LogP contribution in [0.4, 0.5) is 0 Å². The third kappa shape index (κ3) is 4.06. The Morgan fingerprint density at radius 2 is 2.00 bits per heavy atom. The Morgan fingerprint density at radius 1 is 1.22 bits per heavy atom. The van der Waals surface area contributed by atoms with Crippen LogP contribution in [0.1, 0.15) is 36.2 Å². The van der Waals surface area contributed by atoms with E-state index in [4.69, 9.17) is 9.72 Å². The highest BCUT2D eigenvalue weighted by atomic mass is 32.2. The van der Waals surface area contributed by atoms with Crippen molar-refractivity contribution >= 4 is 28.4 Å². The lowest BCUT2D eigenvalue weighted by atomic mass is 10.1. The zero-order valence-corrected chi connectivity index (χ0v) is 16.5. The number of para-hydroxylation sites is 1. The fraction of sp³-hybridized carbons (Fsp3) is 0.286. The van der Waals surface area contributed by atoms with E-state index in [2.05, 4.69) is 0 Å². The van der Waals surface area contributed by atoms with Crippen molar-refractivity contribution in [2.45, 2.75) is 37.7 Å². The van der Waals surface area contributed by atoms with E-state index < -0.39 is 0 Å². The second-order valence-corrected chi connectivity index (χ2v) is 7.18. The molecule has 1 heterocycles. The number of nitrogens with zero attached hydrogens (tertiary/aromatic N) is 2. The number of hydrogen-bond donors (Lipinski definition) is 0. The Balaban J connectivity index is 2.00. The molecular weight excluding hydrogens is 360 g/mol. The van der Waals surface area contributed by atoms with Crippen LogP contribution in [0.15, 0.2) is 52.4 Å². The number of ether oxygens (including phenoxy) is 1. The van der Waals surface area contributed by atoms with Crippen molar-refractivity contribution in [1.82, 2.24) is 9.55 Å². The molecule has 0 radical (unpaired) electrons. The lowest BCUT2D eigenvalue weighted by molar-refractivity contribution is 0.101. The Labute approximate surface area is 162 Å². The van der Waals surface area contributed by atoms with Gasteiger partial charge in [0.25, 0.3) is 5.56 Å². The van der Waals surface area contributed by atoms with Crippen molar-refractivity contribution in [2.24, 2.45) is 0 Å². The summed E-state index contributed by atoms with van der Waals surface area (Å²) in [5.41, 5.74) is 2.22. The van der Waals surface area contributed by atoms with Crippen molar-refractivity contribution in [2.75, 3.05) is 7.11 Å². The third-order valence-electron chi connectivity index (χ3n) is 4.32. The maximum atomic E-state index is 12.9. The molecule has 0 N–H and O–H groups in total. The minimum atomic E-state index is -0.0191. The minimum Gasteiger partial charge on any atom is -0.496 e. The van der Waals surface area contributed by atoms with Gasteiger partial charge in [-0.2, -0.15) is 0 Å². The molecule has 140 valence electrons. The highest BCUT2D eigenvalue weighted by Gasteiger charge is 2.13. The first-order valence-electron chi connectivity index (χ1n) is 8.85. The molecule has 0 unspecified atom stereocenters. The molecule has 3 rings (SSSR count). The zero-order valence-electron chi connectivity index (χ0n) is 15.7. The number of hydrogen-bond acceptors (Lipinski definition) is 5. The quantitative estimate of drug-likeness (QED) is 0.346. The van der Waals surface area contributed by atoms with Crippen molar-refractivity contribution in [3.8, 4) is 5.75 Å².